The summed E-state index contributed by atoms with van der Waals surface area (Å²) in [6, 6.07) is 13.4. The molecule has 0 bridgehead atoms. The van der Waals surface area contributed by atoms with Crippen molar-refractivity contribution in [2.75, 3.05) is 19.5 Å². The highest BCUT2D eigenvalue weighted by molar-refractivity contribution is 6.34. The van der Waals surface area contributed by atoms with Gasteiger partial charge in [0.1, 0.15) is 5.82 Å². The lowest BCUT2D eigenvalue weighted by molar-refractivity contribution is 0.0692. The highest BCUT2D eigenvalue weighted by atomic mass is 35.5. The van der Waals surface area contributed by atoms with E-state index in [9.17, 15) is 19.1 Å². The first kappa shape index (κ1) is 21.1. The Morgan fingerprint density at radius 3 is 2.20 bits per heavy atom. The van der Waals surface area contributed by atoms with Gasteiger partial charge in [0.25, 0.3) is 5.91 Å². The molecule has 2 N–H and O–H groups in total. The van der Waals surface area contributed by atoms with Crippen molar-refractivity contribution in [2.24, 2.45) is 0 Å². The molecule has 154 valence electrons. The summed E-state index contributed by atoms with van der Waals surface area (Å²) in [6.45, 7) is 0. The molecule has 0 aliphatic carbocycles. The van der Waals surface area contributed by atoms with Crippen LogP contribution < -0.4 is 14.8 Å². The first-order valence-corrected chi connectivity index (χ1v) is 9.08. The Morgan fingerprint density at radius 1 is 0.933 bits per heavy atom. The topological polar surface area (TPSA) is 84.9 Å². The molecule has 0 fully saturated rings. The van der Waals surface area contributed by atoms with Gasteiger partial charge < -0.3 is 19.9 Å². The minimum Gasteiger partial charge on any atom is -0.493 e. The standard InChI is InChI=1S/C22H17ClFNO5/c1-29-18-8-7-12(11-19(18)30-2)13-9-16(23)20(17(24)10-13)25-21(26)14-5-3-4-6-15(14)22(27)28/h3-11H,1-2H3,(H,25,26)(H,27,28). The average molecular weight is 430 g/mol. The van der Waals surface area contributed by atoms with Crippen LogP contribution in [-0.2, 0) is 0 Å². The average Bonchev–Trinajstić information content (AvgIpc) is 2.75. The van der Waals surface area contributed by atoms with Gasteiger partial charge in [0.05, 0.1) is 36.1 Å². The van der Waals surface area contributed by atoms with Gasteiger partial charge in [0.2, 0.25) is 0 Å². The van der Waals surface area contributed by atoms with Crippen LogP contribution in [0.5, 0.6) is 11.5 Å². The van der Waals surface area contributed by atoms with E-state index in [1.54, 1.807) is 18.2 Å². The summed E-state index contributed by atoms with van der Waals surface area (Å²) in [4.78, 5) is 23.8. The second-order valence-electron chi connectivity index (χ2n) is 6.19. The van der Waals surface area contributed by atoms with Gasteiger partial charge in [-0.3, -0.25) is 4.79 Å². The van der Waals surface area contributed by atoms with E-state index in [-0.39, 0.29) is 21.8 Å². The van der Waals surface area contributed by atoms with Gasteiger partial charge in [-0.1, -0.05) is 29.8 Å². The maximum atomic E-state index is 14.8. The Morgan fingerprint density at radius 2 is 1.60 bits per heavy atom. The number of amides is 1. The van der Waals surface area contributed by atoms with E-state index in [2.05, 4.69) is 5.32 Å². The molecule has 0 saturated carbocycles. The SMILES string of the molecule is COc1ccc(-c2cc(F)c(NC(=O)c3ccccc3C(=O)O)c(Cl)c2)cc1OC. The van der Waals surface area contributed by atoms with Crippen LogP contribution in [-0.4, -0.2) is 31.2 Å². The lowest BCUT2D eigenvalue weighted by Crippen LogP contribution is -2.17. The van der Waals surface area contributed by atoms with Crippen molar-refractivity contribution in [3.8, 4) is 22.6 Å². The minimum atomic E-state index is -1.27. The number of methoxy groups -OCH3 is 2. The Bertz CT molecular complexity index is 1110. The Hall–Kier alpha value is -3.58. The maximum Gasteiger partial charge on any atom is 0.336 e. The lowest BCUT2D eigenvalue weighted by Gasteiger charge is -2.13. The van der Waals surface area contributed by atoms with Crippen LogP contribution in [0.4, 0.5) is 10.1 Å². The first-order chi connectivity index (χ1) is 14.3. The molecular weight excluding hydrogens is 413 g/mol. The number of rotatable bonds is 6. The number of ether oxygens (including phenoxy) is 2. The zero-order valence-corrected chi connectivity index (χ0v) is 16.8. The van der Waals surface area contributed by atoms with Gasteiger partial charge in [-0.25, -0.2) is 9.18 Å². The molecule has 8 heteroatoms. The second kappa shape index (κ2) is 8.84. The molecule has 0 heterocycles. The van der Waals surface area contributed by atoms with E-state index in [1.165, 1.54) is 50.6 Å². The van der Waals surface area contributed by atoms with Crippen LogP contribution in [0.3, 0.4) is 0 Å². The quantitative estimate of drug-likeness (QED) is 0.568. The van der Waals surface area contributed by atoms with Gasteiger partial charge in [0.15, 0.2) is 11.5 Å². The summed E-state index contributed by atoms with van der Waals surface area (Å²) < 4.78 is 25.2. The largest absolute Gasteiger partial charge is 0.493 e. The summed E-state index contributed by atoms with van der Waals surface area (Å²) in [7, 11) is 3.00. The molecule has 0 aliphatic rings. The molecule has 0 radical (unpaired) electrons. The van der Waals surface area contributed by atoms with Gasteiger partial charge >= 0.3 is 5.97 Å². The molecule has 0 saturated heterocycles. The highest BCUT2D eigenvalue weighted by Gasteiger charge is 2.19. The van der Waals surface area contributed by atoms with Crippen LogP contribution in [0.1, 0.15) is 20.7 Å². The van der Waals surface area contributed by atoms with Crippen molar-refractivity contribution in [3.05, 3.63) is 76.6 Å². The van der Waals surface area contributed by atoms with Crippen LogP contribution in [0.2, 0.25) is 5.02 Å². The number of carbonyl (C=O) groups is 2. The molecule has 1 amide bonds. The smallest absolute Gasteiger partial charge is 0.336 e. The predicted octanol–water partition coefficient (Wildman–Crippen LogP) is 5.11. The van der Waals surface area contributed by atoms with E-state index in [0.29, 0.717) is 22.6 Å². The summed E-state index contributed by atoms with van der Waals surface area (Å²) in [6.07, 6.45) is 0. The third-order valence-electron chi connectivity index (χ3n) is 4.40. The third kappa shape index (κ3) is 4.21. The van der Waals surface area contributed by atoms with Gasteiger partial charge in [0, 0.05) is 0 Å². The number of carbonyl (C=O) groups excluding carboxylic acids is 1. The van der Waals surface area contributed by atoms with Crippen molar-refractivity contribution >= 4 is 29.2 Å². The van der Waals surface area contributed by atoms with Gasteiger partial charge in [-0.2, -0.15) is 0 Å². The number of aromatic carboxylic acids is 1. The molecule has 0 atom stereocenters. The summed E-state index contributed by atoms with van der Waals surface area (Å²) in [5, 5.41) is 11.5. The Balaban J connectivity index is 1.94. The zero-order chi connectivity index (χ0) is 21.8. The minimum absolute atomic E-state index is 0.0408. The van der Waals surface area contributed by atoms with Crippen LogP contribution in [0.25, 0.3) is 11.1 Å². The molecular formula is C22H17ClFNO5. The molecule has 0 spiro atoms. The fraction of sp³-hybridized carbons (Fsp3) is 0.0909. The lowest BCUT2D eigenvalue weighted by atomic mass is 10.0. The Kier molecular flexibility index (Phi) is 6.23. The van der Waals surface area contributed by atoms with Crippen molar-refractivity contribution < 1.29 is 28.6 Å². The monoisotopic (exact) mass is 429 g/mol. The van der Waals surface area contributed by atoms with Crippen molar-refractivity contribution in [1.82, 2.24) is 0 Å². The number of hydrogen-bond acceptors (Lipinski definition) is 4. The molecule has 0 aliphatic heterocycles. The number of carboxylic acid groups (broad SMARTS) is 1. The van der Waals surface area contributed by atoms with Gasteiger partial charge in [-0.15, -0.1) is 0 Å². The number of anilines is 1. The number of benzene rings is 3. The predicted molar refractivity (Wildman–Crippen MR) is 111 cm³/mol. The van der Waals surface area contributed by atoms with E-state index in [1.807, 2.05) is 0 Å². The third-order valence-corrected chi connectivity index (χ3v) is 4.70. The highest BCUT2D eigenvalue weighted by Crippen LogP contribution is 2.36. The molecule has 6 nitrogen and oxygen atoms in total. The fourth-order valence-corrected chi connectivity index (χ4v) is 3.18. The summed E-state index contributed by atoms with van der Waals surface area (Å²) in [5.41, 5.74) is 0.536. The number of carboxylic acids is 1. The number of halogens is 2. The van der Waals surface area contributed by atoms with Crippen LogP contribution in [0, 0.1) is 5.82 Å². The number of nitrogens with one attached hydrogen (secondary N) is 1. The van der Waals surface area contributed by atoms with E-state index in [4.69, 9.17) is 21.1 Å². The van der Waals surface area contributed by atoms with Gasteiger partial charge in [-0.05, 0) is 47.5 Å². The normalized spacial score (nSPS) is 10.4. The van der Waals surface area contributed by atoms with E-state index in [0.717, 1.165) is 0 Å². The fourth-order valence-electron chi connectivity index (χ4n) is 2.92. The number of hydrogen-bond donors (Lipinski definition) is 2. The van der Waals surface area contributed by atoms with Crippen molar-refractivity contribution in [1.29, 1.82) is 0 Å². The molecule has 30 heavy (non-hydrogen) atoms. The summed E-state index contributed by atoms with van der Waals surface area (Å²) >= 11 is 6.22. The van der Waals surface area contributed by atoms with Crippen molar-refractivity contribution in [3.63, 3.8) is 0 Å². The van der Waals surface area contributed by atoms with Crippen molar-refractivity contribution in [2.45, 2.75) is 0 Å². The molecule has 0 unspecified atom stereocenters. The maximum absolute atomic E-state index is 14.8. The van der Waals surface area contributed by atoms with E-state index < -0.39 is 17.7 Å². The molecule has 3 rings (SSSR count). The first-order valence-electron chi connectivity index (χ1n) is 8.70. The van der Waals surface area contributed by atoms with Crippen LogP contribution in [0.15, 0.2) is 54.6 Å². The molecule has 3 aromatic carbocycles. The van der Waals surface area contributed by atoms with Crippen LogP contribution >= 0.6 is 11.6 Å². The molecule has 3 aromatic rings. The molecule has 0 aromatic heterocycles. The second-order valence-corrected chi connectivity index (χ2v) is 6.60. The summed E-state index contributed by atoms with van der Waals surface area (Å²) in [5.74, 6) is -1.83. The van der Waals surface area contributed by atoms with E-state index >= 15 is 0 Å². The zero-order valence-electron chi connectivity index (χ0n) is 16.0. The Labute approximate surface area is 176 Å².